The highest BCUT2D eigenvalue weighted by molar-refractivity contribution is 7.51. The molecule has 0 saturated heterocycles. The van der Waals surface area contributed by atoms with E-state index in [-0.39, 0.29) is 6.16 Å². The highest BCUT2D eigenvalue weighted by Gasteiger charge is 2.11. The van der Waals surface area contributed by atoms with Crippen LogP contribution >= 0.6 is 7.60 Å². The number of aliphatic carboxylic acids is 1. The highest BCUT2D eigenvalue weighted by atomic mass is 31.2. The molecule has 0 spiro atoms. The zero-order valence-electron chi connectivity index (χ0n) is 9.92. The van der Waals surface area contributed by atoms with E-state index in [1.54, 1.807) is 0 Å². The van der Waals surface area contributed by atoms with Crippen LogP contribution in [0.1, 0.15) is 44.9 Å². The van der Waals surface area contributed by atoms with Gasteiger partial charge < -0.3 is 20.6 Å². The van der Waals surface area contributed by atoms with E-state index in [2.05, 4.69) is 0 Å². The van der Waals surface area contributed by atoms with Crippen LogP contribution in [0.25, 0.3) is 0 Å². The minimum atomic E-state index is -3.83. The summed E-state index contributed by atoms with van der Waals surface area (Å²) in [7, 11) is -3.83. The van der Waals surface area contributed by atoms with Gasteiger partial charge in [-0.3, -0.25) is 9.36 Å². The van der Waals surface area contributed by atoms with Gasteiger partial charge in [0.05, 0.1) is 0 Å². The molecule has 0 aromatic carbocycles. The molecule has 17 heavy (non-hydrogen) atoms. The Labute approximate surface area is 101 Å². The maximum absolute atomic E-state index is 10.5. The molecular weight excluding hydrogens is 245 g/mol. The van der Waals surface area contributed by atoms with E-state index < -0.39 is 19.6 Å². The fourth-order valence-electron chi connectivity index (χ4n) is 1.51. The van der Waals surface area contributed by atoms with E-state index in [0.29, 0.717) is 12.8 Å². The van der Waals surface area contributed by atoms with Gasteiger partial charge in [0.25, 0.3) is 0 Å². The zero-order chi connectivity index (χ0) is 13.3. The van der Waals surface area contributed by atoms with Crippen molar-refractivity contribution in [2.75, 3.05) is 6.16 Å². The lowest BCUT2D eigenvalue weighted by Gasteiger charge is -2.06. The van der Waals surface area contributed by atoms with E-state index in [0.717, 1.165) is 32.1 Å². The molecule has 0 saturated carbocycles. The van der Waals surface area contributed by atoms with Crippen molar-refractivity contribution in [3.8, 4) is 0 Å². The average molecular weight is 267 g/mol. The third kappa shape index (κ3) is 11.8. The largest absolute Gasteiger partial charge is 0.480 e. The molecule has 1 atom stereocenters. The predicted octanol–water partition coefficient (Wildman–Crippen LogP) is 1.31. The molecule has 1 unspecified atom stereocenters. The van der Waals surface area contributed by atoms with Gasteiger partial charge >= 0.3 is 13.6 Å². The van der Waals surface area contributed by atoms with Gasteiger partial charge in [0.1, 0.15) is 6.04 Å². The smallest absolute Gasteiger partial charge is 0.325 e. The summed E-state index contributed by atoms with van der Waals surface area (Å²) in [5.74, 6) is -0.966. The standard InChI is InChI=1S/C10H22NO5P/c11-9(10(12)13)7-5-3-1-2-4-6-8-17(14,15)16/h9H,1-8,11H2,(H,12,13)(H2,14,15,16). The lowest BCUT2D eigenvalue weighted by molar-refractivity contribution is -0.138. The summed E-state index contributed by atoms with van der Waals surface area (Å²) in [6.45, 7) is 0. The summed E-state index contributed by atoms with van der Waals surface area (Å²) in [4.78, 5) is 27.6. The van der Waals surface area contributed by atoms with Gasteiger partial charge in [-0.05, 0) is 12.8 Å². The SMILES string of the molecule is NC(CCCCCCCCP(=O)(O)O)C(=O)O. The Bertz CT molecular complexity index is 265. The molecule has 5 N–H and O–H groups in total. The summed E-state index contributed by atoms with van der Waals surface area (Å²) < 4.78 is 10.5. The Morgan fingerprint density at radius 3 is 2.00 bits per heavy atom. The van der Waals surface area contributed by atoms with E-state index in [4.69, 9.17) is 20.6 Å². The highest BCUT2D eigenvalue weighted by Crippen LogP contribution is 2.35. The van der Waals surface area contributed by atoms with E-state index in [9.17, 15) is 9.36 Å². The summed E-state index contributed by atoms with van der Waals surface area (Å²) in [6.07, 6.45) is 5.35. The lowest BCUT2D eigenvalue weighted by atomic mass is 10.1. The number of rotatable bonds is 10. The van der Waals surface area contributed by atoms with Crippen molar-refractivity contribution in [2.45, 2.75) is 51.0 Å². The van der Waals surface area contributed by atoms with Crippen LogP contribution in [0.4, 0.5) is 0 Å². The molecule has 0 amide bonds. The van der Waals surface area contributed by atoms with Gasteiger partial charge in [0, 0.05) is 6.16 Å². The molecule has 0 aliphatic heterocycles. The number of carboxylic acids is 1. The normalized spacial score (nSPS) is 13.6. The summed E-state index contributed by atoms with van der Waals surface area (Å²) >= 11 is 0. The number of carbonyl (C=O) groups is 1. The van der Waals surface area contributed by atoms with Crippen LogP contribution in [0.2, 0.25) is 0 Å². The van der Waals surface area contributed by atoms with E-state index in [1.165, 1.54) is 0 Å². The Morgan fingerprint density at radius 2 is 1.53 bits per heavy atom. The van der Waals surface area contributed by atoms with Gasteiger partial charge in [0.2, 0.25) is 0 Å². The third-order valence-corrected chi connectivity index (χ3v) is 3.43. The van der Waals surface area contributed by atoms with Crippen molar-refractivity contribution in [1.82, 2.24) is 0 Å². The van der Waals surface area contributed by atoms with E-state index >= 15 is 0 Å². The molecule has 0 rings (SSSR count). The second-order valence-corrected chi connectivity index (χ2v) is 6.02. The second-order valence-electron chi connectivity index (χ2n) is 4.24. The molecule has 102 valence electrons. The maximum Gasteiger partial charge on any atom is 0.325 e. The van der Waals surface area contributed by atoms with Crippen LogP contribution in [0.3, 0.4) is 0 Å². The molecule has 0 aliphatic rings. The third-order valence-electron chi connectivity index (χ3n) is 2.53. The summed E-state index contributed by atoms with van der Waals surface area (Å²) in [6, 6.07) is -0.773. The molecule has 6 nitrogen and oxygen atoms in total. The average Bonchev–Trinajstić information content (AvgIpc) is 2.19. The van der Waals surface area contributed by atoms with Gasteiger partial charge in [-0.2, -0.15) is 0 Å². The predicted molar refractivity (Wildman–Crippen MR) is 64.8 cm³/mol. The van der Waals surface area contributed by atoms with Gasteiger partial charge in [-0.15, -0.1) is 0 Å². The molecule has 7 heteroatoms. The van der Waals surface area contributed by atoms with Crippen LogP contribution < -0.4 is 5.73 Å². The minimum absolute atomic E-state index is 0.0448. The molecule has 0 aliphatic carbocycles. The van der Waals surface area contributed by atoms with E-state index in [1.807, 2.05) is 0 Å². The second kappa shape index (κ2) is 8.64. The van der Waals surface area contributed by atoms with Crippen molar-refractivity contribution in [1.29, 1.82) is 0 Å². The number of hydrogen-bond acceptors (Lipinski definition) is 3. The van der Waals surface area contributed by atoms with Gasteiger partial charge in [0.15, 0.2) is 0 Å². The molecule has 0 radical (unpaired) electrons. The fourth-order valence-corrected chi connectivity index (χ4v) is 2.15. The monoisotopic (exact) mass is 267 g/mol. The van der Waals surface area contributed by atoms with Crippen LogP contribution in [-0.2, 0) is 9.36 Å². The minimum Gasteiger partial charge on any atom is -0.480 e. The Morgan fingerprint density at radius 1 is 1.06 bits per heavy atom. The Balaban J connectivity index is 3.25. The van der Waals surface area contributed by atoms with Crippen molar-refractivity contribution in [2.24, 2.45) is 5.73 Å². The first-order valence-corrected chi connectivity index (χ1v) is 7.65. The molecule has 0 aromatic heterocycles. The number of hydrogen-bond donors (Lipinski definition) is 4. The van der Waals surface area contributed by atoms with Crippen molar-refractivity contribution in [3.05, 3.63) is 0 Å². The Kier molecular flexibility index (Phi) is 8.43. The van der Waals surface area contributed by atoms with Gasteiger partial charge in [-0.1, -0.05) is 32.1 Å². The first-order chi connectivity index (χ1) is 7.83. The molecule has 0 heterocycles. The molecular formula is C10H22NO5P. The van der Waals surface area contributed by atoms with Crippen LogP contribution in [0, 0.1) is 0 Å². The quantitative estimate of drug-likeness (QED) is 0.350. The van der Waals surface area contributed by atoms with Crippen LogP contribution in [0.5, 0.6) is 0 Å². The van der Waals surface area contributed by atoms with Crippen molar-refractivity contribution < 1.29 is 24.3 Å². The van der Waals surface area contributed by atoms with Gasteiger partial charge in [-0.25, -0.2) is 0 Å². The first kappa shape index (κ1) is 16.6. The lowest BCUT2D eigenvalue weighted by Crippen LogP contribution is -2.29. The van der Waals surface area contributed by atoms with Crippen molar-refractivity contribution in [3.63, 3.8) is 0 Å². The molecule has 0 fully saturated rings. The molecule has 0 aromatic rings. The summed E-state index contributed by atoms with van der Waals surface area (Å²) in [5, 5.41) is 8.53. The van der Waals surface area contributed by atoms with Crippen LogP contribution in [-0.4, -0.2) is 33.1 Å². The summed E-state index contributed by atoms with van der Waals surface area (Å²) in [5.41, 5.74) is 5.34. The first-order valence-electron chi connectivity index (χ1n) is 5.86. The zero-order valence-corrected chi connectivity index (χ0v) is 10.8. The maximum atomic E-state index is 10.5. The van der Waals surface area contributed by atoms with Crippen molar-refractivity contribution >= 4 is 13.6 Å². The number of nitrogens with two attached hydrogens (primary N) is 1. The number of unbranched alkanes of at least 4 members (excludes halogenated alkanes) is 5. The topological polar surface area (TPSA) is 121 Å². The van der Waals surface area contributed by atoms with Crippen LogP contribution in [0.15, 0.2) is 0 Å². The number of carboxylic acid groups (broad SMARTS) is 1. The Hall–Kier alpha value is -0.420. The fraction of sp³-hybridized carbons (Fsp3) is 0.900. The molecule has 0 bridgehead atoms.